The van der Waals surface area contributed by atoms with Gasteiger partial charge in [0.1, 0.15) is 11.6 Å². The monoisotopic (exact) mass is 490 g/mol. The summed E-state index contributed by atoms with van der Waals surface area (Å²) in [6, 6.07) is 9.88. The highest BCUT2D eigenvalue weighted by atomic mass is 19.4. The van der Waals surface area contributed by atoms with Gasteiger partial charge in [0, 0.05) is 16.7 Å². The number of ether oxygens (including phenoxy) is 1. The number of unbranched alkanes of at least 4 members (excludes halogenated alkanes) is 1. The average molecular weight is 490 g/mol. The fourth-order valence-corrected chi connectivity index (χ4v) is 3.03. The van der Waals surface area contributed by atoms with Crippen LogP contribution in [-0.4, -0.2) is 6.36 Å². The van der Waals surface area contributed by atoms with Crippen molar-refractivity contribution in [2.24, 2.45) is 0 Å². The van der Waals surface area contributed by atoms with E-state index in [1.165, 1.54) is 36.4 Å². The van der Waals surface area contributed by atoms with Gasteiger partial charge in [-0.05, 0) is 66.9 Å². The first-order valence-corrected chi connectivity index (χ1v) is 10.4. The van der Waals surface area contributed by atoms with Crippen LogP contribution in [0.3, 0.4) is 0 Å². The molecule has 0 heterocycles. The molecule has 0 saturated carbocycles. The topological polar surface area (TPSA) is 9.23 Å². The molecule has 0 unspecified atom stereocenters. The van der Waals surface area contributed by atoms with Crippen molar-refractivity contribution in [3.05, 3.63) is 99.6 Å². The molecule has 180 valence electrons. The van der Waals surface area contributed by atoms with Crippen LogP contribution in [-0.2, 0) is 6.42 Å². The van der Waals surface area contributed by atoms with Crippen LogP contribution in [0.1, 0.15) is 47.6 Å². The van der Waals surface area contributed by atoms with E-state index >= 15 is 0 Å². The molecule has 35 heavy (non-hydrogen) atoms. The Kier molecular flexibility index (Phi) is 8.09. The molecule has 0 aliphatic heterocycles. The normalized spacial score (nSPS) is 10.7. The van der Waals surface area contributed by atoms with Gasteiger partial charge in [-0.25, -0.2) is 17.6 Å². The fourth-order valence-electron chi connectivity index (χ4n) is 3.03. The maximum absolute atomic E-state index is 14.3. The van der Waals surface area contributed by atoms with Gasteiger partial charge < -0.3 is 4.74 Å². The first-order chi connectivity index (χ1) is 16.6. The minimum Gasteiger partial charge on any atom is -0.399 e. The highest BCUT2D eigenvalue weighted by Gasteiger charge is 2.34. The maximum atomic E-state index is 14.3. The number of alkyl halides is 3. The van der Waals surface area contributed by atoms with Crippen LogP contribution in [0, 0.1) is 47.0 Å². The molecule has 0 bridgehead atoms. The lowest BCUT2D eigenvalue weighted by atomic mass is 10.0. The Bertz CT molecular complexity index is 1290. The third-order valence-corrected chi connectivity index (χ3v) is 4.70. The summed E-state index contributed by atoms with van der Waals surface area (Å²) in [6.45, 7) is 1.98. The van der Waals surface area contributed by atoms with Crippen molar-refractivity contribution in [1.29, 1.82) is 0 Å². The molecule has 3 aromatic rings. The molecule has 0 aliphatic rings. The zero-order valence-electron chi connectivity index (χ0n) is 18.3. The lowest BCUT2D eigenvalue weighted by Gasteiger charge is -2.10. The Labute approximate surface area is 197 Å². The number of aryl methyl sites for hydroxylation is 1. The molecule has 0 spiro atoms. The van der Waals surface area contributed by atoms with E-state index in [-0.39, 0.29) is 11.1 Å². The summed E-state index contributed by atoms with van der Waals surface area (Å²) < 4.78 is 96.0. The van der Waals surface area contributed by atoms with Gasteiger partial charge in [-0.3, -0.25) is 0 Å². The third-order valence-electron chi connectivity index (χ3n) is 4.70. The van der Waals surface area contributed by atoms with E-state index in [1.807, 2.05) is 6.92 Å². The van der Waals surface area contributed by atoms with E-state index in [4.69, 9.17) is 0 Å². The Morgan fingerprint density at radius 1 is 0.686 bits per heavy atom. The Morgan fingerprint density at radius 3 is 1.66 bits per heavy atom. The van der Waals surface area contributed by atoms with Gasteiger partial charge in [0.05, 0.1) is 5.56 Å². The molecule has 0 atom stereocenters. The molecular weight excluding hydrogens is 473 g/mol. The second-order valence-electron chi connectivity index (χ2n) is 7.43. The molecule has 3 rings (SSSR count). The molecule has 0 saturated heterocycles. The number of rotatable bonds is 4. The largest absolute Gasteiger partial charge is 0.573 e. The van der Waals surface area contributed by atoms with Crippen LogP contribution in [0.25, 0.3) is 0 Å². The second kappa shape index (κ2) is 11.0. The minimum absolute atomic E-state index is 0.202. The number of halogens is 7. The Balaban J connectivity index is 1.75. The summed E-state index contributed by atoms with van der Waals surface area (Å²) in [5.41, 5.74) is 0.875. The van der Waals surface area contributed by atoms with Crippen molar-refractivity contribution in [2.75, 3.05) is 0 Å². The van der Waals surface area contributed by atoms with Crippen LogP contribution in [0.15, 0.2) is 48.5 Å². The van der Waals surface area contributed by atoms with Crippen LogP contribution in [0.4, 0.5) is 30.7 Å². The lowest BCUT2D eigenvalue weighted by Crippen LogP contribution is -2.19. The van der Waals surface area contributed by atoms with Crippen LogP contribution in [0.2, 0.25) is 0 Å². The molecule has 0 fully saturated rings. The predicted molar refractivity (Wildman–Crippen MR) is 116 cm³/mol. The highest BCUT2D eigenvalue weighted by molar-refractivity contribution is 5.49. The quantitative estimate of drug-likeness (QED) is 0.276. The van der Waals surface area contributed by atoms with Crippen molar-refractivity contribution in [2.45, 2.75) is 32.5 Å². The van der Waals surface area contributed by atoms with Gasteiger partial charge in [0.2, 0.25) is 5.75 Å². The van der Waals surface area contributed by atoms with Crippen molar-refractivity contribution in [1.82, 2.24) is 0 Å². The van der Waals surface area contributed by atoms with E-state index in [1.54, 1.807) is 0 Å². The molecule has 8 heteroatoms. The van der Waals surface area contributed by atoms with Crippen molar-refractivity contribution >= 4 is 0 Å². The van der Waals surface area contributed by atoms with Gasteiger partial charge in [-0.1, -0.05) is 37.0 Å². The van der Waals surface area contributed by atoms with Gasteiger partial charge in [-0.2, -0.15) is 0 Å². The average Bonchev–Trinajstić information content (AvgIpc) is 2.78. The smallest absolute Gasteiger partial charge is 0.399 e. The van der Waals surface area contributed by atoms with Crippen molar-refractivity contribution in [3.8, 4) is 29.4 Å². The molecule has 3 aromatic carbocycles. The molecule has 0 aromatic heterocycles. The first kappa shape index (κ1) is 25.7. The summed E-state index contributed by atoms with van der Waals surface area (Å²) in [4.78, 5) is 0. The van der Waals surface area contributed by atoms with Gasteiger partial charge >= 0.3 is 6.36 Å². The lowest BCUT2D eigenvalue weighted by molar-refractivity contribution is -0.276. The van der Waals surface area contributed by atoms with E-state index in [0.717, 1.165) is 12.8 Å². The van der Waals surface area contributed by atoms with Crippen LogP contribution in [0.5, 0.6) is 5.75 Å². The standard InChI is InChI=1S/C27H17F7O/c1-2-3-4-19-13-22(28)21(23(29)14-19)12-11-18-7-5-17(6-8-18)9-10-20-15-24(30)26(25(31)16-20)35-27(32,33)34/h5-8,13-16H,2-4H2,1H3. The molecule has 1 nitrogen and oxygen atoms in total. The Morgan fingerprint density at radius 2 is 1.17 bits per heavy atom. The maximum Gasteiger partial charge on any atom is 0.573 e. The summed E-state index contributed by atoms with van der Waals surface area (Å²) in [6.07, 6.45) is -2.94. The zero-order chi connectivity index (χ0) is 25.6. The van der Waals surface area contributed by atoms with Crippen molar-refractivity contribution < 1.29 is 35.5 Å². The highest BCUT2D eigenvalue weighted by Crippen LogP contribution is 2.29. The van der Waals surface area contributed by atoms with E-state index in [2.05, 4.69) is 28.4 Å². The first-order valence-electron chi connectivity index (χ1n) is 10.4. The summed E-state index contributed by atoms with van der Waals surface area (Å²) in [5, 5.41) is 0. The van der Waals surface area contributed by atoms with Gasteiger partial charge in [0.25, 0.3) is 0 Å². The summed E-state index contributed by atoms with van der Waals surface area (Å²) >= 11 is 0. The Hall–Kier alpha value is -3.91. The molecule has 0 amide bonds. The van der Waals surface area contributed by atoms with E-state index in [0.29, 0.717) is 35.2 Å². The van der Waals surface area contributed by atoms with E-state index in [9.17, 15) is 30.7 Å². The SMILES string of the molecule is CCCCc1cc(F)c(C#Cc2ccc(C#Cc3cc(F)c(OC(F)(F)F)c(F)c3)cc2)c(F)c1. The third kappa shape index (κ3) is 7.28. The predicted octanol–water partition coefficient (Wildman–Crippen LogP) is 7.28. The van der Waals surface area contributed by atoms with Gasteiger partial charge in [0.15, 0.2) is 11.6 Å². The fraction of sp³-hybridized carbons (Fsp3) is 0.185. The van der Waals surface area contributed by atoms with E-state index < -0.39 is 35.4 Å². The van der Waals surface area contributed by atoms with Gasteiger partial charge in [-0.15, -0.1) is 13.2 Å². The van der Waals surface area contributed by atoms with Crippen LogP contribution >= 0.6 is 0 Å². The molecule has 0 radical (unpaired) electrons. The zero-order valence-corrected chi connectivity index (χ0v) is 18.3. The second-order valence-corrected chi connectivity index (χ2v) is 7.43. The van der Waals surface area contributed by atoms with Crippen molar-refractivity contribution in [3.63, 3.8) is 0 Å². The van der Waals surface area contributed by atoms with Crippen LogP contribution < -0.4 is 4.74 Å². The summed E-state index contributed by atoms with van der Waals surface area (Å²) in [7, 11) is 0. The number of hydrogen-bond acceptors (Lipinski definition) is 1. The summed E-state index contributed by atoms with van der Waals surface area (Å²) in [5.74, 6) is 4.07. The molecular formula is C27H17F7O. The molecule has 0 aliphatic carbocycles. The molecule has 0 N–H and O–H groups in total. The minimum atomic E-state index is -5.24. The number of benzene rings is 3. The number of hydrogen-bond donors (Lipinski definition) is 0.